The molecule has 0 unspecified atom stereocenters. The molecule has 0 amide bonds. The summed E-state index contributed by atoms with van der Waals surface area (Å²) < 4.78 is 4.97. The molecule has 0 aliphatic heterocycles. The van der Waals surface area contributed by atoms with Crippen LogP contribution in [0.5, 0.6) is 0 Å². The predicted octanol–water partition coefficient (Wildman–Crippen LogP) is 12.7. The van der Waals surface area contributed by atoms with Gasteiger partial charge in [0.1, 0.15) is 0 Å². The normalized spacial score (nSPS) is 12.0. The molecule has 0 spiro atoms. The highest BCUT2D eigenvalue weighted by molar-refractivity contribution is 7.25. The number of hydrogen-bond donors (Lipinski definition) is 0. The van der Waals surface area contributed by atoms with Gasteiger partial charge >= 0.3 is 0 Å². The number of aromatic nitrogens is 3. The Bertz CT molecular complexity index is 3070. The van der Waals surface area contributed by atoms with E-state index in [4.69, 9.17) is 9.97 Å². The molecule has 3 aromatic heterocycles. The second-order valence-corrected chi connectivity index (χ2v) is 14.0. The summed E-state index contributed by atoms with van der Waals surface area (Å²) >= 11 is 1.83. The minimum atomic E-state index is 0.877. The smallest absolute Gasteiger partial charge is 0.0973 e. The molecule has 0 saturated heterocycles. The van der Waals surface area contributed by atoms with Gasteiger partial charge in [-0.1, -0.05) is 115 Å². The van der Waals surface area contributed by atoms with Crippen molar-refractivity contribution in [1.29, 1.82) is 0 Å². The van der Waals surface area contributed by atoms with Crippen molar-refractivity contribution in [2.75, 3.05) is 0 Å². The molecule has 0 aliphatic carbocycles. The first-order chi connectivity index (χ1) is 24.8. The molecule has 3 nitrogen and oxygen atoms in total. The monoisotopic (exact) mass is 653 g/mol. The third kappa shape index (κ3) is 4.03. The van der Waals surface area contributed by atoms with Crippen LogP contribution in [0.2, 0.25) is 0 Å². The zero-order valence-corrected chi connectivity index (χ0v) is 27.7. The lowest BCUT2D eigenvalue weighted by atomic mass is 10.00. The van der Waals surface area contributed by atoms with E-state index < -0.39 is 0 Å². The SMILES string of the molecule is c1cc(-c2nc3ccccc3nc2-c2ccc3c(c2)sc2ccccc23)cc(-n2c3ccc4ccccc4c3c3c4ccccc4ccc32)c1. The van der Waals surface area contributed by atoms with Crippen molar-refractivity contribution in [1.82, 2.24) is 14.5 Å². The highest BCUT2D eigenvalue weighted by Crippen LogP contribution is 2.42. The van der Waals surface area contributed by atoms with Gasteiger partial charge in [-0.05, 0) is 70.1 Å². The fraction of sp³-hybridized carbons (Fsp3) is 0. The fourth-order valence-electron chi connectivity index (χ4n) is 7.89. The first kappa shape index (κ1) is 27.6. The molecule has 11 aromatic rings. The zero-order valence-electron chi connectivity index (χ0n) is 26.8. The molecule has 0 fully saturated rings. The van der Waals surface area contributed by atoms with E-state index in [1.807, 2.05) is 23.5 Å². The van der Waals surface area contributed by atoms with Gasteiger partial charge in [-0.3, -0.25) is 0 Å². The van der Waals surface area contributed by atoms with Crippen LogP contribution in [0.4, 0.5) is 0 Å². The molecular formula is C46H27N3S. The maximum absolute atomic E-state index is 5.31. The van der Waals surface area contributed by atoms with E-state index in [0.717, 1.165) is 39.2 Å². The van der Waals surface area contributed by atoms with Crippen LogP contribution in [0.3, 0.4) is 0 Å². The average molecular weight is 654 g/mol. The molecule has 50 heavy (non-hydrogen) atoms. The molecular weight excluding hydrogens is 627 g/mol. The van der Waals surface area contributed by atoms with Gasteiger partial charge in [0.05, 0.1) is 33.5 Å². The van der Waals surface area contributed by atoms with Crippen LogP contribution >= 0.6 is 11.3 Å². The number of thiophene rings is 1. The van der Waals surface area contributed by atoms with E-state index in [1.165, 1.54) is 63.5 Å². The van der Waals surface area contributed by atoms with Gasteiger partial charge in [-0.15, -0.1) is 11.3 Å². The second-order valence-electron chi connectivity index (χ2n) is 13.0. The topological polar surface area (TPSA) is 30.7 Å². The number of rotatable bonds is 3. The molecule has 0 N–H and O–H groups in total. The summed E-state index contributed by atoms with van der Waals surface area (Å²) in [6, 6.07) is 58.9. The summed E-state index contributed by atoms with van der Waals surface area (Å²) in [5.74, 6) is 0. The molecule has 0 radical (unpaired) electrons. The Balaban J connectivity index is 1.18. The van der Waals surface area contributed by atoms with Gasteiger partial charge in [-0.2, -0.15) is 0 Å². The lowest BCUT2D eigenvalue weighted by Gasteiger charge is -2.14. The Labute approximate surface area is 291 Å². The highest BCUT2D eigenvalue weighted by atomic mass is 32.1. The molecule has 232 valence electrons. The summed E-state index contributed by atoms with van der Waals surface area (Å²) in [6.45, 7) is 0. The third-order valence-electron chi connectivity index (χ3n) is 10.1. The van der Waals surface area contributed by atoms with Crippen LogP contribution in [-0.2, 0) is 0 Å². The predicted molar refractivity (Wildman–Crippen MR) is 213 cm³/mol. The number of fused-ring (bicyclic) bond motifs is 11. The van der Waals surface area contributed by atoms with E-state index >= 15 is 0 Å². The minimum absolute atomic E-state index is 0.877. The molecule has 0 saturated carbocycles. The van der Waals surface area contributed by atoms with Gasteiger partial charge in [0, 0.05) is 47.8 Å². The van der Waals surface area contributed by atoms with E-state index in [2.05, 4.69) is 156 Å². The largest absolute Gasteiger partial charge is 0.309 e. The number of hydrogen-bond acceptors (Lipinski definition) is 3. The van der Waals surface area contributed by atoms with Crippen LogP contribution in [-0.4, -0.2) is 14.5 Å². The number of nitrogens with zero attached hydrogens (tertiary/aromatic N) is 3. The highest BCUT2D eigenvalue weighted by Gasteiger charge is 2.19. The van der Waals surface area contributed by atoms with Crippen LogP contribution in [0.15, 0.2) is 164 Å². The molecule has 8 aromatic carbocycles. The maximum atomic E-state index is 5.31. The first-order valence-electron chi connectivity index (χ1n) is 16.9. The van der Waals surface area contributed by atoms with Crippen molar-refractivity contribution in [3.05, 3.63) is 164 Å². The summed E-state index contributed by atoms with van der Waals surface area (Å²) in [6.07, 6.45) is 0. The van der Waals surface area contributed by atoms with Crippen molar-refractivity contribution in [3.63, 3.8) is 0 Å². The third-order valence-corrected chi connectivity index (χ3v) is 11.3. The van der Waals surface area contributed by atoms with Gasteiger partial charge in [0.2, 0.25) is 0 Å². The summed E-state index contributed by atoms with van der Waals surface area (Å²) in [4.78, 5) is 10.6. The van der Waals surface area contributed by atoms with Crippen LogP contribution < -0.4 is 0 Å². The Hall–Kier alpha value is -6.36. The van der Waals surface area contributed by atoms with Gasteiger partial charge < -0.3 is 4.57 Å². The lowest BCUT2D eigenvalue weighted by molar-refractivity contribution is 1.18. The fourth-order valence-corrected chi connectivity index (χ4v) is 9.04. The van der Waals surface area contributed by atoms with Crippen molar-refractivity contribution in [2.45, 2.75) is 0 Å². The molecule has 0 bridgehead atoms. The Kier molecular flexibility index (Phi) is 5.83. The van der Waals surface area contributed by atoms with E-state index in [1.54, 1.807) is 0 Å². The minimum Gasteiger partial charge on any atom is -0.309 e. The first-order valence-corrected chi connectivity index (χ1v) is 17.7. The van der Waals surface area contributed by atoms with Crippen LogP contribution in [0.1, 0.15) is 0 Å². The molecule has 4 heteroatoms. The average Bonchev–Trinajstić information content (AvgIpc) is 3.73. The maximum Gasteiger partial charge on any atom is 0.0973 e. The van der Waals surface area contributed by atoms with Crippen molar-refractivity contribution >= 4 is 85.9 Å². The van der Waals surface area contributed by atoms with E-state index in [-0.39, 0.29) is 0 Å². The molecule has 0 atom stereocenters. The molecule has 3 heterocycles. The number of para-hydroxylation sites is 2. The van der Waals surface area contributed by atoms with Gasteiger partial charge in [0.25, 0.3) is 0 Å². The summed E-state index contributed by atoms with van der Waals surface area (Å²) in [7, 11) is 0. The Morgan fingerprint density at radius 2 is 0.960 bits per heavy atom. The summed E-state index contributed by atoms with van der Waals surface area (Å²) in [5, 5.41) is 10.1. The van der Waals surface area contributed by atoms with Crippen molar-refractivity contribution < 1.29 is 0 Å². The lowest BCUT2D eigenvalue weighted by Crippen LogP contribution is -1.98. The summed E-state index contributed by atoms with van der Waals surface area (Å²) in [5.41, 5.74) is 9.10. The Morgan fingerprint density at radius 1 is 0.400 bits per heavy atom. The van der Waals surface area contributed by atoms with Crippen LogP contribution in [0, 0.1) is 0 Å². The second kappa shape index (κ2) is 10.6. The zero-order chi connectivity index (χ0) is 32.8. The van der Waals surface area contributed by atoms with E-state index in [0.29, 0.717) is 0 Å². The standard InChI is InChI=1S/C46H27N3S/c1-3-14-33-28(10-1)21-24-39-43(33)44-34-15-4-2-11-29(34)22-25-40(44)49(39)32-13-9-12-30(26-32)45-46(48-38-18-7-6-17-37(38)47-45)31-20-23-36-35-16-5-8-19-41(35)50-42(36)27-31/h1-27H. The molecule has 11 rings (SSSR count). The molecule has 0 aliphatic rings. The van der Waals surface area contributed by atoms with E-state index in [9.17, 15) is 0 Å². The van der Waals surface area contributed by atoms with Crippen molar-refractivity contribution in [3.8, 4) is 28.2 Å². The quantitative estimate of drug-likeness (QED) is 0.190. The van der Waals surface area contributed by atoms with Gasteiger partial charge in [0.15, 0.2) is 0 Å². The Morgan fingerprint density at radius 3 is 1.64 bits per heavy atom. The van der Waals surface area contributed by atoms with Gasteiger partial charge in [-0.25, -0.2) is 9.97 Å². The number of benzene rings is 8. The van der Waals surface area contributed by atoms with Crippen molar-refractivity contribution in [2.24, 2.45) is 0 Å². The van der Waals surface area contributed by atoms with Crippen LogP contribution in [0.25, 0.3) is 103 Å².